The standard InChI is InChI=1S/C24H40N2O3.ClH/c1-4-5-6-7-13-18-28-23-17-12-11-15-21(23)25-24(27)29-22-16-10-8-9-14-20(22)19-26(2)3;/h11-12,15,17,20,22H,4-10,13-14,16,18-19H2,1-3H3,(H,25,27);1H/t20-,22+;/m1./s1. The lowest BCUT2D eigenvalue weighted by atomic mass is 9.97. The summed E-state index contributed by atoms with van der Waals surface area (Å²) in [6.07, 6.45) is 11.2. The summed E-state index contributed by atoms with van der Waals surface area (Å²) in [7, 11) is 4.16. The van der Waals surface area contributed by atoms with Gasteiger partial charge in [-0.25, -0.2) is 4.79 Å². The van der Waals surface area contributed by atoms with Gasteiger partial charge in [0.05, 0.1) is 12.3 Å². The summed E-state index contributed by atoms with van der Waals surface area (Å²) in [4.78, 5) is 14.8. The van der Waals surface area contributed by atoms with Crippen molar-refractivity contribution in [2.75, 3.05) is 32.6 Å². The van der Waals surface area contributed by atoms with Crippen LogP contribution in [0.3, 0.4) is 0 Å². The van der Waals surface area contributed by atoms with E-state index in [-0.39, 0.29) is 24.6 Å². The van der Waals surface area contributed by atoms with Crippen molar-refractivity contribution in [3.05, 3.63) is 24.3 Å². The molecule has 172 valence electrons. The van der Waals surface area contributed by atoms with Crippen LogP contribution < -0.4 is 10.1 Å². The van der Waals surface area contributed by atoms with Crippen LogP contribution >= 0.6 is 12.4 Å². The maximum Gasteiger partial charge on any atom is 0.412 e. The summed E-state index contributed by atoms with van der Waals surface area (Å²) in [6, 6.07) is 7.62. The van der Waals surface area contributed by atoms with Crippen LogP contribution in [0.4, 0.5) is 10.5 Å². The number of nitrogens with one attached hydrogen (secondary N) is 1. The third-order valence-corrected chi connectivity index (χ3v) is 5.58. The first-order valence-corrected chi connectivity index (χ1v) is 11.4. The molecule has 30 heavy (non-hydrogen) atoms. The van der Waals surface area contributed by atoms with Crippen LogP contribution in [0.1, 0.15) is 71.1 Å². The van der Waals surface area contributed by atoms with Crippen LogP contribution in [0, 0.1) is 5.92 Å². The van der Waals surface area contributed by atoms with E-state index in [9.17, 15) is 4.79 Å². The summed E-state index contributed by atoms with van der Waals surface area (Å²) in [5.41, 5.74) is 0.684. The highest BCUT2D eigenvalue weighted by molar-refractivity contribution is 5.86. The van der Waals surface area contributed by atoms with Crippen molar-refractivity contribution in [1.82, 2.24) is 4.90 Å². The number of halogens is 1. The van der Waals surface area contributed by atoms with Crippen molar-refractivity contribution in [3.8, 4) is 5.75 Å². The fourth-order valence-electron chi connectivity index (χ4n) is 4.04. The van der Waals surface area contributed by atoms with Gasteiger partial charge >= 0.3 is 6.09 Å². The van der Waals surface area contributed by atoms with E-state index in [2.05, 4.69) is 31.2 Å². The van der Waals surface area contributed by atoms with Crippen molar-refractivity contribution in [1.29, 1.82) is 0 Å². The van der Waals surface area contributed by atoms with Crippen LogP contribution in [0.25, 0.3) is 0 Å². The first kappa shape index (κ1) is 26.6. The number of amides is 1. The molecule has 6 heteroatoms. The van der Waals surface area contributed by atoms with E-state index in [0.717, 1.165) is 32.2 Å². The Hall–Kier alpha value is -1.46. The van der Waals surface area contributed by atoms with Gasteiger partial charge in [0.1, 0.15) is 11.9 Å². The predicted octanol–water partition coefficient (Wildman–Crippen LogP) is 6.52. The van der Waals surface area contributed by atoms with Gasteiger partial charge in [-0.1, -0.05) is 57.6 Å². The molecule has 1 aliphatic rings. The van der Waals surface area contributed by atoms with Gasteiger partial charge in [-0.15, -0.1) is 12.4 Å². The van der Waals surface area contributed by atoms with Gasteiger partial charge in [0.2, 0.25) is 0 Å². The third kappa shape index (κ3) is 10.0. The quantitative estimate of drug-likeness (QED) is 0.314. The molecule has 1 N–H and O–H groups in total. The Kier molecular flexibility index (Phi) is 13.6. The van der Waals surface area contributed by atoms with E-state index in [1.54, 1.807) is 0 Å². The minimum atomic E-state index is -0.375. The lowest BCUT2D eigenvalue weighted by molar-refractivity contribution is 0.0569. The molecule has 1 aliphatic carbocycles. The van der Waals surface area contributed by atoms with Crippen molar-refractivity contribution in [2.45, 2.75) is 77.2 Å². The number of para-hydroxylation sites is 2. The highest BCUT2D eigenvalue weighted by Gasteiger charge is 2.27. The summed E-state index contributed by atoms with van der Waals surface area (Å²) in [6.45, 7) is 3.84. The molecule has 2 atom stereocenters. The normalized spacial score (nSPS) is 18.9. The first-order valence-electron chi connectivity index (χ1n) is 11.4. The van der Waals surface area contributed by atoms with Crippen molar-refractivity contribution < 1.29 is 14.3 Å². The molecule has 1 saturated carbocycles. The Morgan fingerprint density at radius 3 is 2.57 bits per heavy atom. The fraction of sp³-hybridized carbons (Fsp3) is 0.708. The van der Waals surface area contributed by atoms with Gasteiger partial charge in [-0.2, -0.15) is 0 Å². The molecule has 1 fully saturated rings. The van der Waals surface area contributed by atoms with Crippen LogP contribution in [0.2, 0.25) is 0 Å². The average molecular weight is 441 g/mol. The second-order valence-electron chi connectivity index (χ2n) is 8.49. The molecular weight excluding hydrogens is 400 g/mol. The number of nitrogens with zero attached hydrogens (tertiary/aromatic N) is 1. The van der Waals surface area contributed by atoms with Crippen molar-refractivity contribution >= 4 is 24.2 Å². The summed E-state index contributed by atoms with van der Waals surface area (Å²) >= 11 is 0. The molecule has 0 saturated heterocycles. The molecule has 0 aliphatic heterocycles. The molecule has 1 aromatic rings. The molecule has 1 amide bonds. The van der Waals surface area contributed by atoms with Crippen molar-refractivity contribution in [3.63, 3.8) is 0 Å². The summed E-state index contributed by atoms with van der Waals surface area (Å²) in [5.74, 6) is 1.11. The predicted molar refractivity (Wildman–Crippen MR) is 127 cm³/mol. The Morgan fingerprint density at radius 1 is 1.07 bits per heavy atom. The summed E-state index contributed by atoms with van der Waals surface area (Å²) in [5, 5.41) is 2.91. The Balaban J connectivity index is 0.00000450. The summed E-state index contributed by atoms with van der Waals surface area (Å²) < 4.78 is 11.8. The zero-order chi connectivity index (χ0) is 20.9. The number of unbranched alkanes of at least 4 members (excludes halogenated alkanes) is 4. The van der Waals surface area contributed by atoms with Crippen LogP contribution in [-0.4, -0.2) is 44.3 Å². The van der Waals surface area contributed by atoms with Gasteiger partial charge in [0, 0.05) is 12.5 Å². The van der Waals surface area contributed by atoms with E-state index >= 15 is 0 Å². The number of rotatable bonds is 11. The molecule has 0 spiro atoms. The number of hydrogen-bond donors (Lipinski definition) is 1. The Labute approximate surface area is 189 Å². The van der Waals surface area contributed by atoms with Gasteiger partial charge in [-0.3, -0.25) is 5.32 Å². The molecule has 0 bridgehead atoms. The van der Waals surface area contributed by atoms with Gasteiger partial charge in [0.15, 0.2) is 0 Å². The number of anilines is 1. The van der Waals surface area contributed by atoms with E-state index in [1.165, 1.54) is 38.5 Å². The minimum absolute atomic E-state index is 0. The number of hydrogen-bond acceptors (Lipinski definition) is 4. The lowest BCUT2D eigenvalue weighted by Gasteiger charge is -2.27. The number of carbonyl (C=O) groups excluding carboxylic acids is 1. The Bertz CT molecular complexity index is 598. The van der Waals surface area contributed by atoms with E-state index in [1.807, 2.05) is 24.3 Å². The maximum atomic E-state index is 12.6. The number of carbonyl (C=O) groups is 1. The van der Waals surface area contributed by atoms with E-state index in [0.29, 0.717) is 24.0 Å². The molecule has 0 heterocycles. The van der Waals surface area contributed by atoms with Crippen molar-refractivity contribution in [2.24, 2.45) is 5.92 Å². The highest BCUT2D eigenvalue weighted by Crippen LogP contribution is 2.28. The monoisotopic (exact) mass is 440 g/mol. The zero-order valence-corrected chi connectivity index (χ0v) is 19.8. The highest BCUT2D eigenvalue weighted by atomic mass is 35.5. The van der Waals surface area contributed by atoms with Gasteiger partial charge in [-0.05, 0) is 51.9 Å². The van der Waals surface area contributed by atoms with Crippen LogP contribution in [0.15, 0.2) is 24.3 Å². The molecule has 1 aromatic carbocycles. The van der Waals surface area contributed by atoms with E-state index in [4.69, 9.17) is 9.47 Å². The van der Waals surface area contributed by atoms with Crippen LogP contribution in [0.5, 0.6) is 5.75 Å². The van der Waals surface area contributed by atoms with Crippen LogP contribution in [-0.2, 0) is 4.74 Å². The van der Waals surface area contributed by atoms with E-state index < -0.39 is 0 Å². The second-order valence-corrected chi connectivity index (χ2v) is 8.49. The van der Waals surface area contributed by atoms with Gasteiger partial charge < -0.3 is 14.4 Å². The number of ether oxygens (including phenoxy) is 2. The Morgan fingerprint density at radius 2 is 1.80 bits per heavy atom. The smallest absolute Gasteiger partial charge is 0.412 e. The molecule has 0 aromatic heterocycles. The molecule has 0 unspecified atom stereocenters. The zero-order valence-electron chi connectivity index (χ0n) is 19.0. The third-order valence-electron chi connectivity index (χ3n) is 5.58. The fourth-order valence-corrected chi connectivity index (χ4v) is 4.04. The maximum absolute atomic E-state index is 12.6. The van der Waals surface area contributed by atoms with Gasteiger partial charge in [0.25, 0.3) is 0 Å². The topological polar surface area (TPSA) is 50.8 Å². The molecule has 0 radical (unpaired) electrons. The molecular formula is C24H41ClN2O3. The number of benzene rings is 1. The average Bonchev–Trinajstić information content (AvgIpc) is 2.90. The molecule has 5 nitrogen and oxygen atoms in total. The first-order chi connectivity index (χ1) is 14.1. The minimum Gasteiger partial charge on any atom is -0.491 e. The largest absolute Gasteiger partial charge is 0.491 e. The second kappa shape index (κ2) is 15.4. The molecule has 2 rings (SSSR count). The SMILES string of the molecule is CCCCCCCOc1ccccc1NC(=O)O[C@H]1CCCCC[C@@H]1CN(C)C.Cl. The lowest BCUT2D eigenvalue weighted by Crippen LogP contribution is -2.34.